The molecule has 2 heterocycles. The van der Waals surface area contributed by atoms with Crippen LogP contribution in [0.2, 0.25) is 0 Å². The van der Waals surface area contributed by atoms with Gasteiger partial charge in [0.25, 0.3) is 5.91 Å². The van der Waals surface area contributed by atoms with Crippen LogP contribution in [-0.4, -0.2) is 32.6 Å². The first-order valence-electron chi connectivity index (χ1n) is 6.89. The van der Waals surface area contributed by atoms with Gasteiger partial charge in [0.2, 0.25) is 0 Å². The van der Waals surface area contributed by atoms with Crippen LogP contribution >= 0.6 is 0 Å². The summed E-state index contributed by atoms with van der Waals surface area (Å²) < 4.78 is 11.3. The molecular formula is C14H21N3O2S. The van der Waals surface area contributed by atoms with Crippen molar-refractivity contribution in [1.82, 2.24) is 10.3 Å². The minimum Gasteiger partial charge on any atom is -0.384 e. The molecule has 0 atom stereocenters. The minimum absolute atomic E-state index is 0.108. The summed E-state index contributed by atoms with van der Waals surface area (Å²) in [6.45, 7) is 4.03. The van der Waals surface area contributed by atoms with Crippen LogP contribution in [0.1, 0.15) is 48.7 Å². The Kier molecular flexibility index (Phi) is 4.75. The van der Waals surface area contributed by atoms with Crippen molar-refractivity contribution in [3.8, 4) is 0 Å². The van der Waals surface area contributed by atoms with Crippen LogP contribution in [0.3, 0.4) is 0 Å². The monoisotopic (exact) mass is 295 g/mol. The molecule has 1 aromatic heterocycles. The van der Waals surface area contributed by atoms with Gasteiger partial charge in [0.1, 0.15) is 5.82 Å². The molecule has 20 heavy (non-hydrogen) atoms. The quantitative estimate of drug-likeness (QED) is 0.883. The summed E-state index contributed by atoms with van der Waals surface area (Å²) in [5.74, 6) is 1.80. The van der Waals surface area contributed by atoms with Crippen LogP contribution < -0.4 is 11.1 Å². The SMILES string of the molecule is CC(C)c1cc(C(=O)NC2CCS(=O)CC2)cc(N)n1. The van der Waals surface area contributed by atoms with Crippen molar-refractivity contribution in [3.63, 3.8) is 0 Å². The zero-order chi connectivity index (χ0) is 14.7. The van der Waals surface area contributed by atoms with E-state index < -0.39 is 10.8 Å². The maximum absolute atomic E-state index is 12.3. The molecule has 6 heteroatoms. The van der Waals surface area contributed by atoms with E-state index in [0.29, 0.717) is 22.9 Å². The van der Waals surface area contributed by atoms with Crippen LogP contribution in [0.15, 0.2) is 12.1 Å². The van der Waals surface area contributed by atoms with Crippen molar-refractivity contribution in [3.05, 3.63) is 23.4 Å². The van der Waals surface area contributed by atoms with E-state index in [9.17, 15) is 9.00 Å². The van der Waals surface area contributed by atoms with Gasteiger partial charge in [0, 0.05) is 39.6 Å². The number of carbonyl (C=O) groups is 1. The molecule has 1 aliphatic rings. The molecule has 2 rings (SSSR count). The Morgan fingerprint density at radius 3 is 2.65 bits per heavy atom. The van der Waals surface area contributed by atoms with Gasteiger partial charge in [0.15, 0.2) is 0 Å². The molecule has 0 unspecified atom stereocenters. The standard InChI is InChI=1S/C14H21N3O2S/c1-9(2)12-7-10(8-13(15)17-12)14(18)16-11-3-5-20(19)6-4-11/h7-9,11H,3-6H2,1-2H3,(H2,15,17)(H,16,18). The van der Waals surface area contributed by atoms with Crippen molar-refractivity contribution in [2.45, 2.75) is 38.6 Å². The van der Waals surface area contributed by atoms with Crippen LogP contribution in [0.25, 0.3) is 0 Å². The van der Waals surface area contributed by atoms with Crippen molar-refractivity contribution in [2.24, 2.45) is 0 Å². The Labute approximate surface area is 121 Å². The van der Waals surface area contributed by atoms with E-state index >= 15 is 0 Å². The molecule has 0 spiro atoms. The van der Waals surface area contributed by atoms with Gasteiger partial charge in [-0.25, -0.2) is 4.98 Å². The second kappa shape index (κ2) is 6.35. The molecule has 3 N–H and O–H groups in total. The summed E-state index contributed by atoms with van der Waals surface area (Å²) in [5.41, 5.74) is 7.12. The molecule has 1 fully saturated rings. The number of hydrogen-bond acceptors (Lipinski definition) is 4. The van der Waals surface area contributed by atoms with E-state index in [2.05, 4.69) is 10.3 Å². The Bertz CT molecular complexity index is 521. The highest BCUT2D eigenvalue weighted by Crippen LogP contribution is 2.17. The van der Waals surface area contributed by atoms with Crippen molar-refractivity contribution < 1.29 is 9.00 Å². The molecule has 0 radical (unpaired) electrons. The smallest absolute Gasteiger partial charge is 0.251 e. The van der Waals surface area contributed by atoms with Gasteiger partial charge < -0.3 is 11.1 Å². The Hall–Kier alpha value is -1.43. The van der Waals surface area contributed by atoms with Gasteiger partial charge in [-0.2, -0.15) is 0 Å². The summed E-state index contributed by atoms with van der Waals surface area (Å²) in [7, 11) is -0.715. The lowest BCUT2D eigenvalue weighted by atomic mass is 10.1. The highest BCUT2D eigenvalue weighted by atomic mass is 32.2. The van der Waals surface area contributed by atoms with E-state index in [-0.39, 0.29) is 17.9 Å². The largest absolute Gasteiger partial charge is 0.384 e. The topological polar surface area (TPSA) is 85.1 Å². The van der Waals surface area contributed by atoms with E-state index in [0.717, 1.165) is 18.5 Å². The number of carbonyl (C=O) groups excluding carboxylic acids is 1. The average Bonchev–Trinajstić information content (AvgIpc) is 2.40. The highest BCUT2D eigenvalue weighted by Gasteiger charge is 2.20. The first-order valence-corrected chi connectivity index (χ1v) is 8.38. The van der Waals surface area contributed by atoms with Crippen LogP contribution in [0.5, 0.6) is 0 Å². The second-order valence-corrected chi connectivity index (χ2v) is 7.15. The summed E-state index contributed by atoms with van der Waals surface area (Å²) in [5, 5.41) is 2.99. The van der Waals surface area contributed by atoms with E-state index in [1.165, 1.54) is 0 Å². The van der Waals surface area contributed by atoms with Gasteiger partial charge in [0.05, 0.1) is 0 Å². The predicted octanol–water partition coefficient (Wildman–Crippen LogP) is 1.43. The van der Waals surface area contributed by atoms with Gasteiger partial charge in [-0.05, 0) is 30.9 Å². The molecule has 0 aromatic carbocycles. The van der Waals surface area contributed by atoms with Crippen molar-refractivity contribution >= 4 is 22.5 Å². The average molecular weight is 295 g/mol. The summed E-state index contributed by atoms with van der Waals surface area (Å²) in [6, 6.07) is 3.50. The van der Waals surface area contributed by atoms with E-state index in [4.69, 9.17) is 5.73 Å². The molecule has 0 saturated carbocycles. The Morgan fingerprint density at radius 2 is 2.05 bits per heavy atom. The molecule has 0 aliphatic carbocycles. The fraction of sp³-hybridized carbons (Fsp3) is 0.571. The number of hydrogen-bond donors (Lipinski definition) is 2. The van der Waals surface area contributed by atoms with E-state index in [1.807, 2.05) is 13.8 Å². The van der Waals surface area contributed by atoms with Gasteiger partial charge in [-0.15, -0.1) is 0 Å². The minimum atomic E-state index is -0.715. The zero-order valence-electron chi connectivity index (χ0n) is 11.9. The van der Waals surface area contributed by atoms with Gasteiger partial charge >= 0.3 is 0 Å². The zero-order valence-corrected chi connectivity index (χ0v) is 12.7. The van der Waals surface area contributed by atoms with Crippen LogP contribution in [0, 0.1) is 0 Å². The first kappa shape index (κ1) is 15.0. The van der Waals surface area contributed by atoms with Gasteiger partial charge in [-0.3, -0.25) is 9.00 Å². The number of aromatic nitrogens is 1. The Balaban J connectivity index is 2.07. The number of anilines is 1. The maximum Gasteiger partial charge on any atom is 0.251 e. The lowest BCUT2D eigenvalue weighted by Crippen LogP contribution is -2.39. The molecule has 1 amide bonds. The number of pyridine rings is 1. The molecule has 1 saturated heterocycles. The Morgan fingerprint density at radius 1 is 1.40 bits per heavy atom. The third kappa shape index (κ3) is 3.79. The first-order chi connectivity index (χ1) is 9.45. The second-order valence-electron chi connectivity index (χ2n) is 5.46. The molecule has 0 bridgehead atoms. The number of nitrogens with zero attached hydrogens (tertiary/aromatic N) is 1. The fourth-order valence-electron chi connectivity index (χ4n) is 2.21. The van der Waals surface area contributed by atoms with Crippen LogP contribution in [0.4, 0.5) is 5.82 Å². The maximum atomic E-state index is 12.3. The molecular weight excluding hydrogens is 274 g/mol. The number of rotatable bonds is 3. The lowest BCUT2D eigenvalue weighted by Gasteiger charge is -2.22. The number of nitrogens with two attached hydrogens (primary N) is 1. The normalized spacial score (nSPS) is 22.8. The molecule has 5 nitrogen and oxygen atoms in total. The van der Waals surface area contributed by atoms with E-state index in [1.54, 1.807) is 12.1 Å². The van der Waals surface area contributed by atoms with Crippen molar-refractivity contribution in [2.75, 3.05) is 17.2 Å². The third-order valence-electron chi connectivity index (χ3n) is 3.44. The summed E-state index contributed by atoms with van der Waals surface area (Å²) >= 11 is 0. The number of nitrogens with one attached hydrogen (secondary N) is 1. The lowest BCUT2D eigenvalue weighted by molar-refractivity contribution is 0.0934. The third-order valence-corrected chi connectivity index (χ3v) is 4.82. The van der Waals surface area contributed by atoms with Crippen LogP contribution in [-0.2, 0) is 10.8 Å². The number of amides is 1. The van der Waals surface area contributed by atoms with Gasteiger partial charge in [-0.1, -0.05) is 13.8 Å². The molecule has 110 valence electrons. The molecule has 1 aromatic rings. The summed E-state index contributed by atoms with van der Waals surface area (Å²) in [6.07, 6.45) is 1.55. The highest BCUT2D eigenvalue weighted by molar-refractivity contribution is 7.85. The van der Waals surface area contributed by atoms with Crippen molar-refractivity contribution in [1.29, 1.82) is 0 Å². The summed E-state index contributed by atoms with van der Waals surface area (Å²) in [4.78, 5) is 16.5. The number of nitrogen functional groups attached to an aromatic ring is 1. The molecule has 1 aliphatic heterocycles. The fourth-order valence-corrected chi connectivity index (χ4v) is 3.51. The predicted molar refractivity (Wildman–Crippen MR) is 81.1 cm³/mol.